The van der Waals surface area contributed by atoms with E-state index in [1.807, 2.05) is 0 Å². The highest BCUT2D eigenvalue weighted by molar-refractivity contribution is 7.14. The SMILES string of the molecule is CC(C)(C)NCc1nnc(-c2ccncc2F)s1. The molecule has 2 aromatic heterocycles. The molecule has 0 radical (unpaired) electrons. The quantitative estimate of drug-likeness (QED) is 0.928. The Morgan fingerprint density at radius 2 is 2.11 bits per heavy atom. The zero-order chi connectivity index (χ0) is 13.2. The van der Waals surface area contributed by atoms with Crippen molar-refractivity contribution < 1.29 is 4.39 Å². The Kier molecular flexibility index (Phi) is 3.68. The molecule has 2 rings (SSSR count). The molecule has 0 saturated heterocycles. The Morgan fingerprint density at radius 1 is 1.33 bits per heavy atom. The van der Waals surface area contributed by atoms with Crippen molar-refractivity contribution in [2.75, 3.05) is 0 Å². The Balaban J connectivity index is 2.14. The fourth-order valence-corrected chi connectivity index (χ4v) is 2.13. The van der Waals surface area contributed by atoms with Crippen LogP contribution in [0.1, 0.15) is 25.8 Å². The average Bonchev–Trinajstić information content (AvgIpc) is 2.75. The van der Waals surface area contributed by atoms with E-state index in [0.717, 1.165) is 5.01 Å². The van der Waals surface area contributed by atoms with Crippen molar-refractivity contribution in [3.8, 4) is 10.6 Å². The van der Waals surface area contributed by atoms with Crippen molar-refractivity contribution in [3.63, 3.8) is 0 Å². The summed E-state index contributed by atoms with van der Waals surface area (Å²) in [7, 11) is 0. The second kappa shape index (κ2) is 5.07. The number of pyridine rings is 1. The highest BCUT2D eigenvalue weighted by Gasteiger charge is 2.13. The van der Waals surface area contributed by atoms with Gasteiger partial charge in [0.2, 0.25) is 0 Å². The van der Waals surface area contributed by atoms with Gasteiger partial charge in [-0.1, -0.05) is 11.3 Å². The fourth-order valence-electron chi connectivity index (χ4n) is 1.32. The van der Waals surface area contributed by atoms with Crippen LogP contribution in [-0.2, 0) is 6.54 Å². The van der Waals surface area contributed by atoms with Gasteiger partial charge in [0.25, 0.3) is 0 Å². The minimum atomic E-state index is -0.371. The lowest BCUT2D eigenvalue weighted by atomic mass is 10.1. The van der Waals surface area contributed by atoms with E-state index in [2.05, 4.69) is 41.3 Å². The highest BCUT2D eigenvalue weighted by Crippen LogP contribution is 2.25. The average molecular weight is 266 g/mol. The van der Waals surface area contributed by atoms with Crippen LogP contribution < -0.4 is 5.32 Å². The molecule has 0 amide bonds. The van der Waals surface area contributed by atoms with Gasteiger partial charge in [-0.05, 0) is 26.8 Å². The summed E-state index contributed by atoms with van der Waals surface area (Å²) in [5.74, 6) is -0.371. The monoisotopic (exact) mass is 266 g/mol. The molecule has 6 heteroatoms. The maximum Gasteiger partial charge on any atom is 0.151 e. The number of halogens is 1. The van der Waals surface area contributed by atoms with Gasteiger partial charge in [0.1, 0.15) is 5.01 Å². The summed E-state index contributed by atoms with van der Waals surface area (Å²) in [4.78, 5) is 3.71. The van der Waals surface area contributed by atoms with Gasteiger partial charge in [0.15, 0.2) is 10.8 Å². The first kappa shape index (κ1) is 13.0. The third-order valence-corrected chi connectivity index (χ3v) is 3.20. The van der Waals surface area contributed by atoms with Gasteiger partial charge in [-0.2, -0.15) is 0 Å². The van der Waals surface area contributed by atoms with E-state index in [0.29, 0.717) is 17.1 Å². The molecule has 0 aromatic carbocycles. The number of rotatable bonds is 3. The van der Waals surface area contributed by atoms with E-state index in [-0.39, 0.29) is 11.4 Å². The Bertz CT molecular complexity index is 533. The van der Waals surface area contributed by atoms with Crippen LogP contribution in [0.5, 0.6) is 0 Å². The van der Waals surface area contributed by atoms with Crippen molar-refractivity contribution in [1.82, 2.24) is 20.5 Å². The first-order chi connectivity index (χ1) is 8.46. The molecule has 0 aliphatic carbocycles. The van der Waals surface area contributed by atoms with E-state index in [1.165, 1.54) is 17.5 Å². The van der Waals surface area contributed by atoms with E-state index in [1.54, 1.807) is 12.3 Å². The number of nitrogens with zero attached hydrogens (tertiary/aromatic N) is 3. The standard InChI is InChI=1S/C12H15FN4S/c1-12(2,3)15-7-10-16-17-11(18-10)8-4-5-14-6-9(8)13/h4-6,15H,7H2,1-3H3. The Hall–Kier alpha value is -1.40. The van der Waals surface area contributed by atoms with Crippen LogP contribution >= 0.6 is 11.3 Å². The largest absolute Gasteiger partial charge is 0.306 e. The normalized spacial score (nSPS) is 11.8. The fraction of sp³-hybridized carbons (Fsp3) is 0.417. The number of nitrogens with one attached hydrogen (secondary N) is 1. The van der Waals surface area contributed by atoms with E-state index in [4.69, 9.17) is 0 Å². The molecule has 18 heavy (non-hydrogen) atoms. The lowest BCUT2D eigenvalue weighted by Gasteiger charge is -2.19. The molecule has 0 fully saturated rings. The molecule has 0 aliphatic rings. The van der Waals surface area contributed by atoms with E-state index in [9.17, 15) is 4.39 Å². The third-order valence-electron chi connectivity index (χ3n) is 2.24. The molecule has 4 nitrogen and oxygen atoms in total. The molecule has 96 valence electrons. The summed E-state index contributed by atoms with van der Waals surface area (Å²) in [5, 5.41) is 12.8. The molecule has 0 unspecified atom stereocenters. The van der Waals surface area contributed by atoms with Crippen LogP contribution in [0.15, 0.2) is 18.5 Å². The summed E-state index contributed by atoms with van der Waals surface area (Å²) in [6.07, 6.45) is 2.73. The second-order valence-electron chi connectivity index (χ2n) is 4.96. The smallest absolute Gasteiger partial charge is 0.151 e. The van der Waals surface area contributed by atoms with Gasteiger partial charge in [0.05, 0.1) is 18.3 Å². The molecular formula is C12H15FN4S. The van der Waals surface area contributed by atoms with Crippen molar-refractivity contribution in [2.24, 2.45) is 0 Å². The molecular weight excluding hydrogens is 251 g/mol. The van der Waals surface area contributed by atoms with E-state index >= 15 is 0 Å². The zero-order valence-corrected chi connectivity index (χ0v) is 11.4. The minimum Gasteiger partial charge on any atom is -0.306 e. The molecule has 0 atom stereocenters. The third kappa shape index (κ3) is 3.30. The van der Waals surface area contributed by atoms with Crippen LogP contribution in [0.4, 0.5) is 4.39 Å². The lowest BCUT2D eigenvalue weighted by molar-refractivity contribution is 0.423. The molecule has 2 heterocycles. The van der Waals surface area contributed by atoms with Gasteiger partial charge in [-0.25, -0.2) is 4.39 Å². The number of aromatic nitrogens is 3. The lowest BCUT2D eigenvalue weighted by Crippen LogP contribution is -2.35. The maximum atomic E-state index is 13.5. The van der Waals surface area contributed by atoms with Crippen LogP contribution in [0.25, 0.3) is 10.6 Å². The molecule has 0 bridgehead atoms. The van der Waals surface area contributed by atoms with Crippen LogP contribution in [-0.4, -0.2) is 20.7 Å². The van der Waals surface area contributed by atoms with Gasteiger partial charge >= 0.3 is 0 Å². The first-order valence-electron chi connectivity index (χ1n) is 5.63. The first-order valence-corrected chi connectivity index (χ1v) is 6.45. The zero-order valence-electron chi connectivity index (χ0n) is 10.6. The Labute approximate surface area is 109 Å². The van der Waals surface area contributed by atoms with Crippen molar-refractivity contribution >= 4 is 11.3 Å². The predicted molar refractivity (Wildman–Crippen MR) is 69.7 cm³/mol. The van der Waals surface area contributed by atoms with Gasteiger partial charge in [0, 0.05) is 11.7 Å². The van der Waals surface area contributed by atoms with Crippen LogP contribution in [0.3, 0.4) is 0 Å². The summed E-state index contributed by atoms with van der Waals surface area (Å²) >= 11 is 1.39. The van der Waals surface area contributed by atoms with Gasteiger partial charge in [-0.3, -0.25) is 4.98 Å². The van der Waals surface area contributed by atoms with Gasteiger partial charge in [-0.15, -0.1) is 10.2 Å². The van der Waals surface area contributed by atoms with Crippen molar-refractivity contribution in [1.29, 1.82) is 0 Å². The highest BCUT2D eigenvalue weighted by atomic mass is 32.1. The molecule has 0 saturated carbocycles. The summed E-state index contributed by atoms with van der Waals surface area (Å²) in [5.41, 5.74) is 0.470. The van der Waals surface area contributed by atoms with Crippen LogP contribution in [0.2, 0.25) is 0 Å². The minimum absolute atomic E-state index is 0.0216. The second-order valence-corrected chi connectivity index (χ2v) is 6.02. The van der Waals surface area contributed by atoms with Gasteiger partial charge < -0.3 is 5.32 Å². The summed E-state index contributed by atoms with van der Waals surface area (Å²) < 4.78 is 13.5. The summed E-state index contributed by atoms with van der Waals surface area (Å²) in [6, 6.07) is 1.61. The Morgan fingerprint density at radius 3 is 2.78 bits per heavy atom. The molecule has 2 aromatic rings. The van der Waals surface area contributed by atoms with Crippen LogP contribution in [0, 0.1) is 5.82 Å². The number of hydrogen-bond acceptors (Lipinski definition) is 5. The molecule has 1 N–H and O–H groups in total. The molecule has 0 aliphatic heterocycles. The predicted octanol–water partition coefficient (Wildman–Crippen LogP) is 2.63. The maximum absolute atomic E-state index is 13.5. The number of hydrogen-bond donors (Lipinski definition) is 1. The summed E-state index contributed by atoms with van der Waals surface area (Å²) in [6.45, 7) is 6.88. The topological polar surface area (TPSA) is 50.7 Å². The van der Waals surface area contributed by atoms with Crippen molar-refractivity contribution in [3.05, 3.63) is 29.3 Å². The van der Waals surface area contributed by atoms with Crippen molar-refractivity contribution in [2.45, 2.75) is 32.9 Å². The molecule has 0 spiro atoms. The van der Waals surface area contributed by atoms with E-state index < -0.39 is 0 Å².